The second kappa shape index (κ2) is 6.59. The highest BCUT2D eigenvalue weighted by molar-refractivity contribution is 7.20. The molecule has 5 atom stereocenters. The predicted molar refractivity (Wildman–Crippen MR) is 82.5 cm³/mol. The molecule has 24 heavy (non-hydrogen) atoms. The van der Waals surface area contributed by atoms with Crippen molar-refractivity contribution in [3.8, 4) is 5.75 Å². The fourth-order valence-electron chi connectivity index (χ4n) is 2.38. The first-order valence-corrected chi connectivity index (χ1v) is 7.90. The van der Waals surface area contributed by atoms with Crippen molar-refractivity contribution in [1.29, 1.82) is 0 Å². The van der Waals surface area contributed by atoms with Gasteiger partial charge in [0.05, 0.1) is 16.8 Å². The standard InChI is InChI=1S/C14H16N2O7S/c15-12(21)13-16-6-2-1-5(3-8(6)24-13)22-14-11(20)10(19)9(18)7(4-17)23-14/h1-3,7,9-11,14,17-20H,4H2,(H2,15,21)/t7?,9-,10-,11?,14+/m0/s1. The summed E-state index contributed by atoms with van der Waals surface area (Å²) < 4.78 is 11.4. The Bertz CT molecular complexity index is 750. The number of hydrogen-bond acceptors (Lipinski definition) is 9. The minimum Gasteiger partial charge on any atom is -0.462 e. The summed E-state index contributed by atoms with van der Waals surface area (Å²) in [4.78, 5) is 15.2. The van der Waals surface area contributed by atoms with Crippen LogP contribution in [0.15, 0.2) is 18.2 Å². The Morgan fingerprint density at radius 1 is 1.29 bits per heavy atom. The van der Waals surface area contributed by atoms with Crippen LogP contribution >= 0.6 is 11.3 Å². The number of amides is 1. The van der Waals surface area contributed by atoms with Gasteiger partial charge in [0.25, 0.3) is 5.91 Å². The molecule has 0 saturated carbocycles. The van der Waals surface area contributed by atoms with E-state index in [1.807, 2.05) is 0 Å². The SMILES string of the molecule is NC(=O)c1nc2ccc(O[C@@H]3OC(CO)[C@H](O)[C@H](O)C3O)cc2s1. The maximum atomic E-state index is 11.2. The van der Waals surface area contributed by atoms with Crippen LogP contribution in [-0.2, 0) is 4.74 Å². The molecule has 0 bridgehead atoms. The van der Waals surface area contributed by atoms with Gasteiger partial charge in [-0.1, -0.05) is 0 Å². The Hall–Kier alpha value is -1.82. The van der Waals surface area contributed by atoms with Gasteiger partial charge < -0.3 is 35.6 Å². The zero-order valence-corrected chi connectivity index (χ0v) is 13.1. The van der Waals surface area contributed by atoms with E-state index >= 15 is 0 Å². The summed E-state index contributed by atoms with van der Waals surface area (Å²) in [5.74, 6) is -0.334. The lowest BCUT2D eigenvalue weighted by molar-refractivity contribution is -0.277. The van der Waals surface area contributed by atoms with Gasteiger partial charge in [-0.25, -0.2) is 4.98 Å². The lowest BCUT2D eigenvalue weighted by Gasteiger charge is -2.39. The molecule has 1 saturated heterocycles. The smallest absolute Gasteiger partial charge is 0.277 e. The van der Waals surface area contributed by atoms with Crippen molar-refractivity contribution in [3.05, 3.63) is 23.2 Å². The second-order valence-corrected chi connectivity index (χ2v) is 6.36. The second-order valence-electron chi connectivity index (χ2n) is 5.33. The number of aliphatic hydroxyl groups excluding tert-OH is 4. The van der Waals surface area contributed by atoms with Gasteiger partial charge in [-0.2, -0.15) is 0 Å². The Labute approximate surface area is 139 Å². The summed E-state index contributed by atoms with van der Waals surface area (Å²) in [6, 6.07) is 4.74. The summed E-state index contributed by atoms with van der Waals surface area (Å²) in [6.07, 6.45) is -6.80. The zero-order chi connectivity index (χ0) is 17.4. The minimum atomic E-state index is -1.52. The number of aliphatic hydroxyl groups is 4. The van der Waals surface area contributed by atoms with Crippen LogP contribution in [0.1, 0.15) is 9.80 Å². The highest BCUT2D eigenvalue weighted by Gasteiger charge is 2.44. The van der Waals surface area contributed by atoms with E-state index < -0.39 is 43.2 Å². The number of primary amides is 1. The van der Waals surface area contributed by atoms with Crippen molar-refractivity contribution in [1.82, 2.24) is 4.98 Å². The third kappa shape index (κ3) is 3.07. The number of fused-ring (bicyclic) bond motifs is 1. The molecular formula is C14H16N2O7S. The fourth-order valence-corrected chi connectivity index (χ4v) is 3.23. The Morgan fingerprint density at radius 3 is 2.71 bits per heavy atom. The number of carbonyl (C=O) groups is 1. The van der Waals surface area contributed by atoms with Crippen LogP contribution in [-0.4, -0.2) is 68.6 Å². The number of aromatic nitrogens is 1. The van der Waals surface area contributed by atoms with Crippen LogP contribution in [0.4, 0.5) is 0 Å². The zero-order valence-electron chi connectivity index (χ0n) is 12.3. The first kappa shape index (κ1) is 17.0. The summed E-state index contributed by atoms with van der Waals surface area (Å²) >= 11 is 1.09. The maximum Gasteiger partial charge on any atom is 0.277 e. The number of hydrogen-bond donors (Lipinski definition) is 5. The Balaban J connectivity index is 1.82. The highest BCUT2D eigenvalue weighted by atomic mass is 32.1. The van der Waals surface area contributed by atoms with Crippen molar-refractivity contribution in [2.75, 3.05) is 6.61 Å². The number of nitrogens with two attached hydrogens (primary N) is 1. The number of rotatable bonds is 4. The highest BCUT2D eigenvalue weighted by Crippen LogP contribution is 2.29. The van der Waals surface area contributed by atoms with Gasteiger partial charge in [0.2, 0.25) is 6.29 Å². The summed E-state index contributed by atoms with van der Waals surface area (Å²) in [7, 11) is 0. The van der Waals surface area contributed by atoms with Crippen molar-refractivity contribution in [2.24, 2.45) is 5.73 Å². The molecule has 1 aromatic carbocycles. The molecule has 1 fully saturated rings. The molecule has 1 aliphatic heterocycles. The van der Waals surface area contributed by atoms with Crippen LogP contribution in [0, 0.1) is 0 Å². The van der Waals surface area contributed by atoms with E-state index in [4.69, 9.17) is 20.3 Å². The van der Waals surface area contributed by atoms with Crippen LogP contribution in [0.25, 0.3) is 10.2 Å². The topological polar surface area (TPSA) is 155 Å². The first-order valence-electron chi connectivity index (χ1n) is 7.08. The van der Waals surface area contributed by atoms with E-state index in [1.54, 1.807) is 18.2 Å². The summed E-state index contributed by atoms with van der Waals surface area (Å²) in [6.45, 7) is -0.541. The largest absolute Gasteiger partial charge is 0.462 e. The molecule has 0 aliphatic carbocycles. The van der Waals surface area contributed by atoms with Crippen LogP contribution in [0.3, 0.4) is 0 Å². The lowest BCUT2D eigenvalue weighted by Crippen LogP contribution is -2.60. The molecule has 2 aromatic rings. The molecule has 2 heterocycles. The normalized spacial score (nSPS) is 30.4. The van der Waals surface area contributed by atoms with Crippen LogP contribution in [0.2, 0.25) is 0 Å². The summed E-state index contributed by atoms with van der Waals surface area (Å²) in [5, 5.41) is 38.8. The molecule has 3 rings (SSSR count). The summed E-state index contributed by atoms with van der Waals surface area (Å²) in [5.41, 5.74) is 5.76. The van der Waals surface area contributed by atoms with Gasteiger partial charge in [-0.05, 0) is 18.2 Å². The molecule has 130 valence electrons. The van der Waals surface area contributed by atoms with Gasteiger partial charge >= 0.3 is 0 Å². The molecule has 2 unspecified atom stereocenters. The predicted octanol–water partition coefficient (Wildman–Crippen LogP) is -1.43. The van der Waals surface area contributed by atoms with Gasteiger partial charge in [0.15, 0.2) is 5.01 Å². The number of nitrogens with zero attached hydrogens (tertiary/aromatic N) is 1. The van der Waals surface area contributed by atoms with Crippen molar-refractivity contribution in [2.45, 2.75) is 30.7 Å². The van der Waals surface area contributed by atoms with Crippen molar-refractivity contribution >= 4 is 27.5 Å². The number of thiazole rings is 1. The molecule has 1 aliphatic rings. The van der Waals surface area contributed by atoms with Gasteiger partial charge in [0.1, 0.15) is 30.2 Å². The third-order valence-corrected chi connectivity index (χ3v) is 4.70. The van der Waals surface area contributed by atoms with Crippen LogP contribution < -0.4 is 10.5 Å². The third-order valence-electron chi connectivity index (χ3n) is 3.67. The first-order chi connectivity index (χ1) is 11.4. The average Bonchev–Trinajstić information content (AvgIpc) is 2.99. The number of carbonyl (C=O) groups excluding carboxylic acids is 1. The quantitative estimate of drug-likeness (QED) is 0.447. The monoisotopic (exact) mass is 356 g/mol. The van der Waals surface area contributed by atoms with Gasteiger partial charge in [-0.3, -0.25) is 4.79 Å². The maximum absolute atomic E-state index is 11.2. The molecular weight excluding hydrogens is 340 g/mol. The Morgan fingerprint density at radius 2 is 2.04 bits per heavy atom. The van der Waals surface area contributed by atoms with E-state index in [0.29, 0.717) is 16.0 Å². The lowest BCUT2D eigenvalue weighted by atomic mass is 9.99. The fraction of sp³-hybridized carbons (Fsp3) is 0.429. The van der Waals surface area contributed by atoms with Crippen molar-refractivity contribution in [3.63, 3.8) is 0 Å². The van der Waals surface area contributed by atoms with Gasteiger partial charge in [0, 0.05) is 0 Å². The molecule has 9 nitrogen and oxygen atoms in total. The molecule has 1 amide bonds. The molecule has 10 heteroatoms. The average molecular weight is 356 g/mol. The van der Waals surface area contributed by atoms with E-state index in [9.17, 15) is 20.1 Å². The van der Waals surface area contributed by atoms with Crippen LogP contribution in [0.5, 0.6) is 5.75 Å². The van der Waals surface area contributed by atoms with E-state index in [2.05, 4.69) is 4.98 Å². The molecule has 1 aromatic heterocycles. The van der Waals surface area contributed by atoms with E-state index in [-0.39, 0.29) is 5.01 Å². The van der Waals surface area contributed by atoms with Gasteiger partial charge in [-0.15, -0.1) is 11.3 Å². The molecule has 0 radical (unpaired) electrons. The van der Waals surface area contributed by atoms with E-state index in [0.717, 1.165) is 11.3 Å². The number of ether oxygens (including phenoxy) is 2. The van der Waals surface area contributed by atoms with Crippen molar-refractivity contribution < 1.29 is 34.7 Å². The number of benzene rings is 1. The van der Waals surface area contributed by atoms with E-state index in [1.165, 1.54) is 0 Å². The molecule has 0 spiro atoms. The molecule has 6 N–H and O–H groups in total. The minimum absolute atomic E-state index is 0.162. The Kier molecular flexibility index (Phi) is 4.67.